The lowest BCUT2D eigenvalue weighted by atomic mass is 10.1. The number of methoxy groups -OCH3 is 1. The number of nitrogens with zero attached hydrogens (tertiary/aromatic N) is 3. The number of carbonyl (C=O) groups is 1. The molecule has 0 aliphatic carbocycles. The molecule has 1 aliphatic heterocycles. The molecule has 0 spiro atoms. The zero-order valence-corrected chi connectivity index (χ0v) is 14.8. The van der Waals surface area contributed by atoms with Crippen LogP contribution in [0, 0.1) is 0 Å². The lowest BCUT2D eigenvalue weighted by Gasteiger charge is -2.23. The summed E-state index contributed by atoms with van der Waals surface area (Å²) >= 11 is 1.71. The van der Waals surface area contributed by atoms with Gasteiger partial charge in [0.15, 0.2) is 5.82 Å². The first-order chi connectivity index (χ1) is 11.7. The zero-order chi connectivity index (χ0) is 16.9. The molecule has 0 saturated heterocycles. The number of hydrogen-bond acceptors (Lipinski definition) is 5. The normalized spacial score (nSPS) is 18.0. The Labute approximate surface area is 145 Å². The monoisotopic (exact) mass is 349 g/mol. The largest absolute Gasteiger partial charge is 0.377 e. The number of carbonyl (C=O) groups excluding carboxylic acids is 1. The van der Waals surface area contributed by atoms with E-state index in [9.17, 15) is 4.79 Å². The number of fused-ring (bicyclic) bond motifs is 1. The smallest absolute Gasteiger partial charge is 0.315 e. The van der Waals surface area contributed by atoms with Crippen LogP contribution in [0.5, 0.6) is 0 Å². The average molecular weight is 349 g/mol. The first-order valence-corrected chi connectivity index (χ1v) is 9.05. The van der Waals surface area contributed by atoms with Crippen LogP contribution in [0.25, 0.3) is 0 Å². The van der Waals surface area contributed by atoms with Crippen LogP contribution in [0.15, 0.2) is 17.5 Å². The molecule has 2 aromatic rings. The van der Waals surface area contributed by atoms with Crippen LogP contribution >= 0.6 is 11.3 Å². The number of thiophene rings is 1. The van der Waals surface area contributed by atoms with Crippen LogP contribution in [-0.4, -0.2) is 34.5 Å². The second kappa shape index (κ2) is 7.76. The number of rotatable bonds is 6. The molecule has 2 aromatic heterocycles. The summed E-state index contributed by atoms with van der Waals surface area (Å²) in [6, 6.07) is 3.86. The quantitative estimate of drug-likeness (QED) is 0.839. The SMILES string of the molecule is COCc1nc2n(n1)CCC[C@H]2NC(=O)NC[C@H](C)c1cccs1. The van der Waals surface area contributed by atoms with Crippen molar-refractivity contribution < 1.29 is 9.53 Å². The topological polar surface area (TPSA) is 81.1 Å². The predicted molar refractivity (Wildman–Crippen MR) is 92.0 cm³/mol. The van der Waals surface area contributed by atoms with E-state index in [1.165, 1.54) is 4.88 Å². The number of hydrogen-bond donors (Lipinski definition) is 2. The van der Waals surface area contributed by atoms with E-state index in [4.69, 9.17) is 4.74 Å². The summed E-state index contributed by atoms with van der Waals surface area (Å²) in [7, 11) is 1.62. The third kappa shape index (κ3) is 3.93. The summed E-state index contributed by atoms with van der Waals surface area (Å²) in [5, 5.41) is 12.4. The summed E-state index contributed by atoms with van der Waals surface area (Å²) in [5.41, 5.74) is 0. The molecule has 2 N–H and O–H groups in total. The van der Waals surface area contributed by atoms with Gasteiger partial charge in [-0.05, 0) is 24.3 Å². The standard InChI is InChI=1S/C16H23N5O2S/c1-11(13-6-4-8-24-13)9-17-16(22)18-12-5-3-7-21-15(12)19-14(20-21)10-23-2/h4,6,8,11-12H,3,5,7,9-10H2,1-2H3,(H2,17,18,22)/t11-,12+/m0/s1. The molecule has 0 radical (unpaired) electrons. The zero-order valence-electron chi connectivity index (χ0n) is 14.0. The third-order valence-electron chi connectivity index (χ3n) is 4.10. The fourth-order valence-corrected chi connectivity index (χ4v) is 3.64. The van der Waals surface area contributed by atoms with Gasteiger partial charge in [-0.2, -0.15) is 5.10 Å². The lowest BCUT2D eigenvalue weighted by Crippen LogP contribution is -2.41. The molecule has 2 atom stereocenters. The van der Waals surface area contributed by atoms with Gasteiger partial charge in [-0.3, -0.25) is 0 Å². The van der Waals surface area contributed by atoms with Gasteiger partial charge in [0.05, 0.1) is 6.04 Å². The molecule has 24 heavy (non-hydrogen) atoms. The van der Waals surface area contributed by atoms with Gasteiger partial charge in [0.2, 0.25) is 0 Å². The molecule has 2 amide bonds. The molecule has 8 heteroatoms. The number of urea groups is 1. The molecule has 0 aromatic carbocycles. The maximum atomic E-state index is 12.2. The lowest BCUT2D eigenvalue weighted by molar-refractivity contribution is 0.177. The second-order valence-corrected chi connectivity index (χ2v) is 6.99. The van der Waals surface area contributed by atoms with E-state index in [0.29, 0.717) is 24.9 Å². The van der Waals surface area contributed by atoms with Gasteiger partial charge < -0.3 is 15.4 Å². The van der Waals surface area contributed by atoms with Crippen molar-refractivity contribution in [3.8, 4) is 0 Å². The Balaban J connectivity index is 1.55. The van der Waals surface area contributed by atoms with Crippen LogP contribution in [0.3, 0.4) is 0 Å². The summed E-state index contributed by atoms with van der Waals surface area (Å²) in [6.07, 6.45) is 1.85. The highest BCUT2D eigenvalue weighted by molar-refractivity contribution is 7.10. The van der Waals surface area contributed by atoms with Crippen LogP contribution in [0.2, 0.25) is 0 Å². The van der Waals surface area contributed by atoms with Gasteiger partial charge in [0.25, 0.3) is 0 Å². The van der Waals surface area contributed by atoms with Gasteiger partial charge in [0, 0.05) is 31.0 Å². The summed E-state index contributed by atoms with van der Waals surface area (Å²) in [4.78, 5) is 18.0. The van der Waals surface area contributed by atoms with E-state index in [-0.39, 0.29) is 12.1 Å². The maximum Gasteiger partial charge on any atom is 0.315 e. The fourth-order valence-electron chi connectivity index (χ4n) is 2.85. The van der Waals surface area contributed by atoms with Crippen molar-refractivity contribution in [3.05, 3.63) is 34.0 Å². The third-order valence-corrected chi connectivity index (χ3v) is 5.20. The van der Waals surface area contributed by atoms with Crippen LogP contribution < -0.4 is 10.6 Å². The molecular weight excluding hydrogens is 326 g/mol. The van der Waals surface area contributed by atoms with Crippen LogP contribution in [-0.2, 0) is 17.9 Å². The molecule has 0 bridgehead atoms. The molecular formula is C16H23N5O2S. The van der Waals surface area contributed by atoms with Crippen molar-refractivity contribution in [1.29, 1.82) is 0 Å². The number of nitrogens with one attached hydrogen (secondary N) is 2. The Hall–Kier alpha value is -1.93. The van der Waals surface area contributed by atoms with Crippen LogP contribution in [0.1, 0.15) is 48.3 Å². The highest BCUT2D eigenvalue weighted by Gasteiger charge is 2.25. The van der Waals surface area contributed by atoms with E-state index < -0.39 is 0 Å². The van der Waals surface area contributed by atoms with Crippen molar-refractivity contribution in [2.75, 3.05) is 13.7 Å². The van der Waals surface area contributed by atoms with E-state index in [2.05, 4.69) is 39.1 Å². The summed E-state index contributed by atoms with van der Waals surface area (Å²) in [5.74, 6) is 1.78. The van der Waals surface area contributed by atoms with E-state index >= 15 is 0 Å². The number of aryl methyl sites for hydroxylation is 1. The van der Waals surface area contributed by atoms with Crippen molar-refractivity contribution in [2.24, 2.45) is 0 Å². The number of aromatic nitrogens is 3. The molecule has 1 aliphatic rings. The molecule has 130 valence electrons. The average Bonchev–Trinajstić information content (AvgIpc) is 3.22. The van der Waals surface area contributed by atoms with Gasteiger partial charge in [-0.25, -0.2) is 14.5 Å². The Kier molecular flexibility index (Phi) is 5.47. The Morgan fingerprint density at radius 2 is 2.46 bits per heavy atom. The van der Waals surface area contributed by atoms with E-state index in [0.717, 1.165) is 25.2 Å². The fraction of sp³-hybridized carbons (Fsp3) is 0.562. The molecule has 0 fully saturated rings. The molecule has 3 heterocycles. The first kappa shape index (κ1) is 16.9. The summed E-state index contributed by atoms with van der Waals surface area (Å²) in [6.45, 7) is 3.94. The second-order valence-electron chi connectivity index (χ2n) is 6.01. The maximum absolute atomic E-state index is 12.2. The number of ether oxygens (including phenoxy) is 1. The Morgan fingerprint density at radius 3 is 3.21 bits per heavy atom. The van der Waals surface area contributed by atoms with Crippen molar-refractivity contribution >= 4 is 17.4 Å². The highest BCUT2D eigenvalue weighted by atomic mass is 32.1. The van der Waals surface area contributed by atoms with E-state index in [1.54, 1.807) is 18.4 Å². The van der Waals surface area contributed by atoms with Crippen LogP contribution in [0.4, 0.5) is 4.79 Å². The Morgan fingerprint density at radius 1 is 1.58 bits per heavy atom. The van der Waals surface area contributed by atoms with Gasteiger partial charge in [-0.1, -0.05) is 13.0 Å². The molecule has 7 nitrogen and oxygen atoms in total. The minimum atomic E-state index is -0.159. The molecule has 3 rings (SSSR count). The van der Waals surface area contributed by atoms with Gasteiger partial charge in [-0.15, -0.1) is 11.3 Å². The highest BCUT2D eigenvalue weighted by Crippen LogP contribution is 2.23. The first-order valence-electron chi connectivity index (χ1n) is 8.17. The van der Waals surface area contributed by atoms with E-state index in [1.807, 2.05) is 10.7 Å². The number of amides is 2. The Bertz CT molecular complexity index is 670. The van der Waals surface area contributed by atoms with Crippen molar-refractivity contribution in [1.82, 2.24) is 25.4 Å². The van der Waals surface area contributed by atoms with Crippen molar-refractivity contribution in [2.45, 2.75) is 44.9 Å². The minimum absolute atomic E-state index is 0.103. The van der Waals surface area contributed by atoms with Crippen molar-refractivity contribution in [3.63, 3.8) is 0 Å². The van der Waals surface area contributed by atoms with Gasteiger partial charge >= 0.3 is 6.03 Å². The molecule has 0 saturated carbocycles. The summed E-state index contributed by atoms with van der Waals surface area (Å²) < 4.78 is 6.96. The predicted octanol–water partition coefficient (Wildman–Crippen LogP) is 2.42. The minimum Gasteiger partial charge on any atom is -0.377 e. The molecule has 0 unspecified atom stereocenters. The van der Waals surface area contributed by atoms with Gasteiger partial charge in [0.1, 0.15) is 12.4 Å².